The van der Waals surface area contributed by atoms with Gasteiger partial charge in [-0.25, -0.2) is 0 Å². The third kappa shape index (κ3) is 7.94. The van der Waals surface area contributed by atoms with E-state index in [4.69, 9.17) is 0 Å². The van der Waals surface area contributed by atoms with E-state index in [1.54, 1.807) is 0 Å². The molecule has 5 heteroatoms. The lowest BCUT2D eigenvalue weighted by atomic mass is 9.96. The average Bonchev–Trinajstić information content (AvgIpc) is 2.64. The minimum Gasteiger partial charge on any atom is -0.389 e. The van der Waals surface area contributed by atoms with Gasteiger partial charge in [-0.2, -0.15) is 0 Å². The van der Waals surface area contributed by atoms with Crippen molar-refractivity contribution in [3.05, 3.63) is 0 Å². The Morgan fingerprint density at radius 2 is 1.22 bits per heavy atom. The molecule has 1 aliphatic heterocycles. The average molecular weight is 331 g/mol. The third-order valence-electron chi connectivity index (χ3n) is 4.96. The van der Waals surface area contributed by atoms with Crippen molar-refractivity contribution >= 4 is 0 Å². The first-order valence-corrected chi connectivity index (χ1v) is 9.53. The third-order valence-corrected chi connectivity index (χ3v) is 4.96. The molecule has 0 spiro atoms. The first-order valence-electron chi connectivity index (χ1n) is 9.53. The molecule has 1 aliphatic rings. The molecule has 1 saturated heterocycles. The second kappa shape index (κ2) is 12.2. The van der Waals surface area contributed by atoms with Gasteiger partial charge in [0.1, 0.15) is 12.2 Å². The van der Waals surface area contributed by atoms with E-state index in [-0.39, 0.29) is 12.6 Å². The molecule has 5 atom stereocenters. The Morgan fingerprint density at radius 3 is 1.78 bits per heavy atom. The Hall–Kier alpha value is -0.200. The van der Waals surface area contributed by atoms with E-state index in [1.165, 1.54) is 51.4 Å². The molecule has 0 saturated carbocycles. The van der Waals surface area contributed by atoms with Crippen LogP contribution in [0.4, 0.5) is 0 Å². The lowest BCUT2D eigenvalue weighted by molar-refractivity contribution is -0.0960. The van der Waals surface area contributed by atoms with E-state index in [2.05, 4.69) is 12.2 Å². The molecule has 0 aromatic heterocycles. The Balaban J connectivity index is 2.06. The summed E-state index contributed by atoms with van der Waals surface area (Å²) in [6.07, 6.45) is 8.75. The van der Waals surface area contributed by atoms with Crippen LogP contribution in [0.15, 0.2) is 0 Å². The number of hydrogen-bond acceptors (Lipinski definition) is 5. The highest BCUT2D eigenvalue weighted by Gasteiger charge is 2.37. The molecule has 0 aromatic carbocycles. The number of unbranched alkanes of at least 4 members (excludes halogenated alkanes) is 9. The maximum absolute atomic E-state index is 10.1. The molecule has 23 heavy (non-hydrogen) atoms. The van der Waals surface area contributed by atoms with Crippen LogP contribution in [0.25, 0.3) is 0 Å². The molecule has 0 aromatic rings. The van der Waals surface area contributed by atoms with Crippen LogP contribution in [0.2, 0.25) is 0 Å². The van der Waals surface area contributed by atoms with E-state index < -0.39 is 24.4 Å². The van der Waals surface area contributed by atoms with Gasteiger partial charge in [-0.1, -0.05) is 71.1 Å². The Morgan fingerprint density at radius 1 is 0.696 bits per heavy atom. The highest BCUT2D eigenvalue weighted by atomic mass is 16.4. The van der Waals surface area contributed by atoms with Crippen molar-refractivity contribution in [2.45, 2.75) is 108 Å². The molecule has 1 rings (SSSR count). The second-order valence-corrected chi connectivity index (χ2v) is 7.02. The fraction of sp³-hybridized carbons (Fsp3) is 1.00. The fourth-order valence-corrected chi connectivity index (χ4v) is 3.31. The van der Waals surface area contributed by atoms with Crippen LogP contribution in [0.5, 0.6) is 0 Å². The molecule has 1 heterocycles. The van der Waals surface area contributed by atoms with Crippen LogP contribution in [0, 0.1) is 0 Å². The lowest BCUT2D eigenvalue weighted by Gasteiger charge is -2.26. The molecule has 5 N–H and O–H groups in total. The molecular formula is C18H37NO4. The van der Waals surface area contributed by atoms with Gasteiger partial charge in [-0.3, -0.25) is 0 Å². The zero-order chi connectivity index (χ0) is 17.1. The van der Waals surface area contributed by atoms with Crippen molar-refractivity contribution in [3.63, 3.8) is 0 Å². The number of aliphatic hydroxyl groups excluding tert-OH is 4. The second-order valence-electron chi connectivity index (χ2n) is 7.02. The fourth-order valence-electron chi connectivity index (χ4n) is 3.31. The predicted molar refractivity (Wildman–Crippen MR) is 92.3 cm³/mol. The van der Waals surface area contributed by atoms with Crippen molar-refractivity contribution in [2.24, 2.45) is 0 Å². The number of hydrogen-bond donors (Lipinski definition) is 5. The Kier molecular flexibility index (Phi) is 11.1. The van der Waals surface area contributed by atoms with Crippen LogP contribution < -0.4 is 5.32 Å². The molecule has 138 valence electrons. The van der Waals surface area contributed by atoms with Gasteiger partial charge in [-0.15, -0.1) is 0 Å². The van der Waals surface area contributed by atoms with Crippen molar-refractivity contribution in [2.75, 3.05) is 6.54 Å². The minimum absolute atomic E-state index is 0.206. The Bertz CT molecular complexity index is 290. The number of aliphatic hydroxyl groups is 4. The summed E-state index contributed by atoms with van der Waals surface area (Å²) in [6.45, 7) is 2.44. The summed E-state index contributed by atoms with van der Waals surface area (Å²) in [5.41, 5.74) is 0. The van der Waals surface area contributed by atoms with Gasteiger partial charge in [0.2, 0.25) is 0 Å². The first-order chi connectivity index (χ1) is 11.1. The van der Waals surface area contributed by atoms with Crippen LogP contribution in [0.1, 0.15) is 77.6 Å². The maximum Gasteiger partial charge on any atom is 0.110 e. The highest BCUT2D eigenvalue weighted by Crippen LogP contribution is 2.18. The maximum atomic E-state index is 10.1. The number of β-amino-alcohol motifs (C(OH)–C–C–N with tert-alkyl or cyclic N) is 1. The number of rotatable bonds is 11. The van der Waals surface area contributed by atoms with E-state index in [9.17, 15) is 20.4 Å². The summed E-state index contributed by atoms with van der Waals surface area (Å²) >= 11 is 0. The molecule has 0 aliphatic carbocycles. The topological polar surface area (TPSA) is 93.0 Å². The largest absolute Gasteiger partial charge is 0.389 e. The highest BCUT2D eigenvalue weighted by molar-refractivity contribution is 4.93. The monoisotopic (exact) mass is 331 g/mol. The first kappa shape index (κ1) is 20.8. The summed E-state index contributed by atoms with van der Waals surface area (Å²) < 4.78 is 0. The van der Waals surface area contributed by atoms with Crippen LogP contribution in [-0.4, -0.2) is 57.4 Å². The quantitative estimate of drug-likeness (QED) is 0.372. The Labute approximate surface area is 141 Å². The van der Waals surface area contributed by atoms with E-state index in [0.29, 0.717) is 0 Å². The van der Waals surface area contributed by atoms with Gasteiger partial charge in [0.15, 0.2) is 0 Å². The summed E-state index contributed by atoms with van der Waals surface area (Å²) in [7, 11) is 0. The normalized spacial score (nSPS) is 32.0. The zero-order valence-electron chi connectivity index (χ0n) is 14.7. The van der Waals surface area contributed by atoms with Gasteiger partial charge in [-0.05, 0) is 6.42 Å². The van der Waals surface area contributed by atoms with Crippen molar-refractivity contribution < 1.29 is 20.4 Å². The van der Waals surface area contributed by atoms with Gasteiger partial charge in [0, 0.05) is 12.6 Å². The van der Waals surface area contributed by atoms with Gasteiger partial charge in [0.05, 0.1) is 12.2 Å². The lowest BCUT2D eigenvalue weighted by Crippen LogP contribution is -2.47. The smallest absolute Gasteiger partial charge is 0.110 e. The van der Waals surface area contributed by atoms with Gasteiger partial charge < -0.3 is 25.7 Å². The molecule has 0 unspecified atom stereocenters. The minimum atomic E-state index is -1.28. The molecule has 5 nitrogen and oxygen atoms in total. The molecule has 0 bridgehead atoms. The van der Waals surface area contributed by atoms with Crippen molar-refractivity contribution in [3.8, 4) is 0 Å². The van der Waals surface area contributed by atoms with E-state index in [0.717, 1.165) is 19.3 Å². The summed E-state index contributed by atoms with van der Waals surface area (Å²) in [4.78, 5) is 0. The molecule has 0 radical (unpaired) electrons. The van der Waals surface area contributed by atoms with Crippen molar-refractivity contribution in [1.82, 2.24) is 5.32 Å². The summed E-state index contributed by atoms with van der Waals surface area (Å²) in [6, 6.07) is -0.258. The van der Waals surface area contributed by atoms with Crippen LogP contribution >= 0.6 is 0 Å². The van der Waals surface area contributed by atoms with Gasteiger partial charge in [0.25, 0.3) is 0 Å². The molecular weight excluding hydrogens is 294 g/mol. The zero-order valence-corrected chi connectivity index (χ0v) is 14.7. The standard InChI is InChI=1S/C18H37NO4/c1-2-3-4-5-6-7-8-9-10-11-12-14-16(21)18(23)17(22)15(20)13-19-14/h14-23H,2-13H2,1H3/t14-,15+,16+,17-,18-/m1/s1. The van der Waals surface area contributed by atoms with Crippen LogP contribution in [0.3, 0.4) is 0 Å². The molecule has 0 amide bonds. The predicted octanol–water partition coefficient (Wildman–Crippen LogP) is 1.71. The molecule has 1 fully saturated rings. The van der Waals surface area contributed by atoms with E-state index in [1.807, 2.05) is 0 Å². The van der Waals surface area contributed by atoms with Crippen molar-refractivity contribution in [1.29, 1.82) is 0 Å². The van der Waals surface area contributed by atoms with Gasteiger partial charge >= 0.3 is 0 Å². The SMILES string of the molecule is CCCCCCCCCCCC[C@H]1NC[C@H](O)[C@@H](O)[C@H](O)[C@H]1O. The van der Waals surface area contributed by atoms with Crippen LogP contribution in [-0.2, 0) is 0 Å². The summed E-state index contributed by atoms with van der Waals surface area (Å²) in [5.74, 6) is 0. The number of nitrogens with one attached hydrogen (secondary N) is 1. The van der Waals surface area contributed by atoms with E-state index >= 15 is 0 Å². The summed E-state index contributed by atoms with van der Waals surface area (Å²) in [5, 5.41) is 42.2.